The second kappa shape index (κ2) is 9.38. The van der Waals surface area contributed by atoms with E-state index in [2.05, 4.69) is 43.2 Å². The number of hydrogen-bond donors (Lipinski definition) is 1. The molecule has 116 valence electrons. The number of benzene rings is 1. The molecule has 1 aromatic carbocycles. The van der Waals surface area contributed by atoms with Gasteiger partial charge >= 0.3 is 0 Å². The first-order valence-electron chi connectivity index (χ1n) is 7.52. The molecule has 1 N–H and O–H groups in total. The van der Waals surface area contributed by atoms with Gasteiger partial charge in [0.05, 0.1) is 17.9 Å². The number of nitrogens with one attached hydrogen (secondary N) is 1. The summed E-state index contributed by atoms with van der Waals surface area (Å²) in [7, 11) is 3.74. The van der Waals surface area contributed by atoms with Crippen LogP contribution in [0.25, 0.3) is 0 Å². The van der Waals surface area contributed by atoms with Crippen molar-refractivity contribution in [2.45, 2.75) is 26.8 Å². The molecule has 1 aromatic rings. The first-order valence-corrected chi connectivity index (χ1v) is 7.52. The number of ether oxygens (including phenoxy) is 1. The highest BCUT2D eigenvalue weighted by molar-refractivity contribution is 5.60. The van der Waals surface area contributed by atoms with E-state index in [4.69, 9.17) is 4.74 Å². The van der Waals surface area contributed by atoms with E-state index in [-0.39, 0.29) is 0 Å². The summed E-state index contributed by atoms with van der Waals surface area (Å²) < 4.78 is 5.00. The summed E-state index contributed by atoms with van der Waals surface area (Å²) in [5.74, 6) is 0.669. The van der Waals surface area contributed by atoms with Gasteiger partial charge in [-0.1, -0.05) is 19.9 Å². The van der Waals surface area contributed by atoms with Gasteiger partial charge in [0.1, 0.15) is 6.07 Å². The molecule has 4 nitrogen and oxygen atoms in total. The lowest BCUT2D eigenvalue weighted by Crippen LogP contribution is -2.21. The second-order valence-corrected chi connectivity index (χ2v) is 5.74. The Hall–Kier alpha value is -1.57. The van der Waals surface area contributed by atoms with Crippen LogP contribution in [0.5, 0.6) is 0 Å². The minimum atomic E-state index is 0.669. The molecule has 1 rings (SSSR count). The van der Waals surface area contributed by atoms with Crippen LogP contribution in [0.3, 0.4) is 0 Å². The first kappa shape index (κ1) is 17.5. The van der Waals surface area contributed by atoms with Gasteiger partial charge in [0.2, 0.25) is 0 Å². The van der Waals surface area contributed by atoms with Gasteiger partial charge in [0.15, 0.2) is 0 Å². The fourth-order valence-electron chi connectivity index (χ4n) is 2.09. The molecule has 0 bridgehead atoms. The number of rotatable bonds is 9. The Morgan fingerprint density at radius 1 is 1.38 bits per heavy atom. The molecular weight excluding hydrogens is 262 g/mol. The Bertz CT molecular complexity index is 466. The number of hydrogen-bond acceptors (Lipinski definition) is 4. The van der Waals surface area contributed by atoms with Crippen molar-refractivity contribution in [1.29, 1.82) is 5.26 Å². The van der Waals surface area contributed by atoms with E-state index in [1.54, 1.807) is 7.11 Å². The highest BCUT2D eigenvalue weighted by Gasteiger charge is 2.09. The molecule has 0 aromatic heterocycles. The lowest BCUT2D eigenvalue weighted by Gasteiger charge is -2.22. The van der Waals surface area contributed by atoms with E-state index >= 15 is 0 Å². The quantitative estimate of drug-likeness (QED) is 0.710. The van der Waals surface area contributed by atoms with Crippen molar-refractivity contribution < 1.29 is 4.74 Å². The molecule has 0 saturated heterocycles. The Labute approximate surface area is 128 Å². The molecule has 0 saturated carbocycles. The number of methoxy groups -OCH3 is 1. The molecule has 4 heteroatoms. The summed E-state index contributed by atoms with van der Waals surface area (Å²) >= 11 is 0. The lowest BCUT2D eigenvalue weighted by atomic mass is 10.1. The monoisotopic (exact) mass is 289 g/mol. The highest BCUT2D eigenvalue weighted by atomic mass is 16.5. The van der Waals surface area contributed by atoms with Gasteiger partial charge in [-0.25, -0.2) is 0 Å². The van der Waals surface area contributed by atoms with Crippen LogP contribution >= 0.6 is 0 Å². The molecule has 0 unspecified atom stereocenters. The lowest BCUT2D eigenvalue weighted by molar-refractivity contribution is 0.199. The summed E-state index contributed by atoms with van der Waals surface area (Å²) in [6, 6.07) is 8.42. The van der Waals surface area contributed by atoms with Crippen molar-refractivity contribution >= 4 is 5.69 Å². The predicted octanol–water partition coefficient (Wildman–Crippen LogP) is 2.78. The zero-order chi connectivity index (χ0) is 15.7. The maximum Gasteiger partial charge on any atom is 0.101 e. The first-order chi connectivity index (χ1) is 10.1. The van der Waals surface area contributed by atoms with Gasteiger partial charge in [-0.15, -0.1) is 0 Å². The van der Waals surface area contributed by atoms with Crippen LogP contribution in [-0.4, -0.2) is 33.9 Å². The van der Waals surface area contributed by atoms with Crippen LogP contribution < -0.4 is 10.2 Å². The van der Waals surface area contributed by atoms with Gasteiger partial charge in [-0.2, -0.15) is 5.26 Å². The standard InChI is InChI=1S/C17H27N3O/c1-14(2)7-9-20(3)17-6-5-15(11-16(17)12-18)13-19-8-10-21-4/h5-6,11,14,19H,7-10,13H2,1-4H3. The van der Waals surface area contributed by atoms with Crippen molar-refractivity contribution in [2.75, 3.05) is 38.8 Å². The number of anilines is 1. The van der Waals surface area contributed by atoms with Crippen LogP contribution in [0.2, 0.25) is 0 Å². The Morgan fingerprint density at radius 2 is 2.14 bits per heavy atom. The SMILES string of the molecule is COCCNCc1ccc(N(C)CCC(C)C)c(C#N)c1. The molecule has 0 heterocycles. The van der Waals surface area contributed by atoms with Crippen LogP contribution in [0.1, 0.15) is 31.4 Å². The molecule has 0 amide bonds. The topological polar surface area (TPSA) is 48.3 Å². The molecule has 0 aliphatic carbocycles. The minimum Gasteiger partial charge on any atom is -0.383 e. The van der Waals surface area contributed by atoms with Crippen molar-refractivity contribution in [3.8, 4) is 6.07 Å². The molecule has 0 aliphatic rings. The van der Waals surface area contributed by atoms with E-state index < -0.39 is 0 Å². The Kier molecular flexibility index (Phi) is 7.81. The van der Waals surface area contributed by atoms with Gasteiger partial charge in [0.25, 0.3) is 0 Å². The van der Waals surface area contributed by atoms with Crippen molar-refractivity contribution in [1.82, 2.24) is 5.32 Å². The third-order valence-electron chi connectivity index (χ3n) is 3.45. The van der Waals surface area contributed by atoms with E-state index in [1.807, 2.05) is 12.1 Å². The summed E-state index contributed by atoms with van der Waals surface area (Å²) in [4.78, 5) is 2.17. The van der Waals surface area contributed by atoms with Crippen molar-refractivity contribution in [3.63, 3.8) is 0 Å². The van der Waals surface area contributed by atoms with Crippen LogP contribution in [0.15, 0.2) is 18.2 Å². The molecular formula is C17H27N3O. The third-order valence-corrected chi connectivity index (χ3v) is 3.45. The summed E-state index contributed by atoms with van der Waals surface area (Å²) in [5, 5.41) is 12.7. The van der Waals surface area contributed by atoms with E-state index in [9.17, 15) is 5.26 Å². The number of nitriles is 1. The summed E-state index contributed by atoms with van der Waals surface area (Å²) in [5.41, 5.74) is 2.88. The minimum absolute atomic E-state index is 0.669. The Morgan fingerprint density at radius 3 is 2.76 bits per heavy atom. The third kappa shape index (κ3) is 6.16. The van der Waals surface area contributed by atoms with Crippen LogP contribution in [-0.2, 0) is 11.3 Å². The predicted molar refractivity (Wildman–Crippen MR) is 87.5 cm³/mol. The summed E-state index contributed by atoms with van der Waals surface area (Å²) in [6.45, 7) is 7.67. The van der Waals surface area contributed by atoms with Gasteiger partial charge in [-0.05, 0) is 30.0 Å². The largest absolute Gasteiger partial charge is 0.383 e. The maximum atomic E-state index is 9.36. The van der Waals surface area contributed by atoms with E-state index in [1.165, 1.54) is 0 Å². The van der Waals surface area contributed by atoms with Gasteiger partial charge < -0.3 is 15.0 Å². The molecule has 0 atom stereocenters. The van der Waals surface area contributed by atoms with Crippen LogP contribution in [0, 0.1) is 17.2 Å². The smallest absolute Gasteiger partial charge is 0.101 e. The van der Waals surface area contributed by atoms with Gasteiger partial charge in [0, 0.05) is 33.8 Å². The zero-order valence-electron chi connectivity index (χ0n) is 13.6. The van der Waals surface area contributed by atoms with Crippen molar-refractivity contribution in [2.24, 2.45) is 5.92 Å². The summed E-state index contributed by atoms with van der Waals surface area (Å²) in [6.07, 6.45) is 1.13. The zero-order valence-corrected chi connectivity index (χ0v) is 13.6. The van der Waals surface area contributed by atoms with E-state index in [0.717, 1.165) is 42.9 Å². The average Bonchev–Trinajstić information content (AvgIpc) is 2.49. The second-order valence-electron chi connectivity index (χ2n) is 5.74. The van der Waals surface area contributed by atoms with Crippen LogP contribution in [0.4, 0.5) is 5.69 Å². The van der Waals surface area contributed by atoms with E-state index in [0.29, 0.717) is 12.5 Å². The molecule has 0 radical (unpaired) electrons. The highest BCUT2D eigenvalue weighted by Crippen LogP contribution is 2.21. The fourth-order valence-corrected chi connectivity index (χ4v) is 2.09. The Balaban J connectivity index is 2.68. The molecule has 0 aliphatic heterocycles. The average molecular weight is 289 g/mol. The molecule has 0 spiro atoms. The normalized spacial score (nSPS) is 10.7. The molecule has 0 fully saturated rings. The number of nitrogens with zero attached hydrogens (tertiary/aromatic N) is 2. The fraction of sp³-hybridized carbons (Fsp3) is 0.588. The van der Waals surface area contributed by atoms with Crippen molar-refractivity contribution in [3.05, 3.63) is 29.3 Å². The molecule has 21 heavy (non-hydrogen) atoms. The maximum absolute atomic E-state index is 9.36. The van der Waals surface area contributed by atoms with Gasteiger partial charge in [-0.3, -0.25) is 0 Å².